The normalized spacial score (nSPS) is 10.9. The lowest BCUT2D eigenvalue weighted by Gasteiger charge is -2.11. The summed E-state index contributed by atoms with van der Waals surface area (Å²) in [6.07, 6.45) is 4.90. The molecule has 0 aliphatic heterocycles. The molecule has 2 aromatic carbocycles. The van der Waals surface area contributed by atoms with Crippen molar-refractivity contribution in [2.45, 2.75) is 12.1 Å². The lowest BCUT2D eigenvalue weighted by Crippen LogP contribution is -2.20. The molecule has 2 heterocycles. The third-order valence-corrected chi connectivity index (χ3v) is 5.44. The van der Waals surface area contributed by atoms with Gasteiger partial charge >= 0.3 is 0 Å². The molecule has 0 radical (unpaired) electrons. The Morgan fingerprint density at radius 1 is 1.06 bits per heavy atom. The van der Waals surface area contributed by atoms with Crippen molar-refractivity contribution in [1.82, 2.24) is 25.2 Å². The number of nitrogens with zero attached hydrogens (tertiary/aromatic N) is 5. The highest BCUT2D eigenvalue weighted by Gasteiger charge is 2.17. The van der Waals surface area contributed by atoms with Crippen molar-refractivity contribution in [1.29, 1.82) is 0 Å². The molecule has 4 aromatic rings. The molecule has 0 aliphatic carbocycles. The van der Waals surface area contributed by atoms with Crippen LogP contribution in [-0.4, -0.2) is 44.2 Å². The average molecular weight is 459 g/mol. The molecule has 1 amide bonds. The van der Waals surface area contributed by atoms with Crippen LogP contribution in [0.1, 0.15) is 12.5 Å². The van der Waals surface area contributed by atoms with E-state index in [4.69, 9.17) is 4.74 Å². The Morgan fingerprint density at radius 3 is 2.55 bits per heavy atom. The van der Waals surface area contributed by atoms with Crippen LogP contribution in [0, 0.1) is 0 Å². The Bertz CT molecular complexity index is 1210. The van der Waals surface area contributed by atoms with E-state index < -0.39 is 0 Å². The van der Waals surface area contributed by atoms with Gasteiger partial charge in [0.15, 0.2) is 11.0 Å². The van der Waals surface area contributed by atoms with Crippen LogP contribution in [0.15, 0.2) is 89.4 Å². The number of hydrogen-bond acceptors (Lipinski definition) is 7. The molecule has 33 heavy (non-hydrogen) atoms. The predicted octanol–water partition coefficient (Wildman–Crippen LogP) is 3.97. The third-order valence-electron chi connectivity index (χ3n) is 4.51. The maximum atomic E-state index is 12.3. The molecule has 0 bridgehead atoms. The first kappa shape index (κ1) is 22.2. The van der Waals surface area contributed by atoms with Gasteiger partial charge in [0.05, 0.1) is 18.6 Å². The maximum Gasteiger partial charge on any atom is 0.250 e. The molecule has 8 nitrogen and oxygen atoms in total. The molecule has 9 heteroatoms. The summed E-state index contributed by atoms with van der Waals surface area (Å²) in [4.78, 5) is 16.3. The minimum Gasteiger partial charge on any atom is -0.494 e. The number of rotatable bonds is 9. The molecule has 1 N–H and O–H groups in total. The number of nitrogens with one attached hydrogen (secondary N) is 1. The highest BCUT2D eigenvalue weighted by atomic mass is 32.2. The monoisotopic (exact) mass is 458 g/mol. The van der Waals surface area contributed by atoms with Crippen LogP contribution in [0.5, 0.6) is 5.75 Å². The summed E-state index contributed by atoms with van der Waals surface area (Å²) < 4.78 is 7.49. The van der Waals surface area contributed by atoms with E-state index in [1.807, 2.05) is 66.1 Å². The van der Waals surface area contributed by atoms with Crippen LogP contribution in [0.25, 0.3) is 17.1 Å². The van der Waals surface area contributed by atoms with Crippen molar-refractivity contribution >= 4 is 23.9 Å². The Morgan fingerprint density at radius 2 is 1.82 bits per heavy atom. The van der Waals surface area contributed by atoms with Crippen molar-refractivity contribution in [3.63, 3.8) is 0 Å². The van der Waals surface area contributed by atoms with Crippen molar-refractivity contribution in [3.05, 3.63) is 84.7 Å². The Kier molecular flexibility index (Phi) is 7.44. The fourth-order valence-electron chi connectivity index (χ4n) is 3.02. The standard InChI is InChI=1S/C24H22N6O2S/c1-2-32-21-10-8-20(9-11-21)30-23(19-6-4-3-5-7-19)28-29-24(30)33-17-22(31)27-26-16-18-12-14-25-15-13-18/h3-16H,2,17H2,1H3,(H,27,31)/b26-16+. The van der Waals surface area contributed by atoms with Gasteiger partial charge < -0.3 is 4.74 Å². The molecular weight excluding hydrogens is 436 g/mol. The quantitative estimate of drug-likeness (QED) is 0.232. The highest BCUT2D eigenvalue weighted by molar-refractivity contribution is 7.99. The van der Waals surface area contributed by atoms with Crippen molar-refractivity contribution in [2.75, 3.05) is 12.4 Å². The second-order valence-electron chi connectivity index (χ2n) is 6.80. The van der Waals surface area contributed by atoms with Crippen LogP contribution in [0.3, 0.4) is 0 Å². The molecule has 0 saturated heterocycles. The van der Waals surface area contributed by atoms with Gasteiger partial charge in [-0.25, -0.2) is 5.43 Å². The number of ether oxygens (including phenoxy) is 1. The summed E-state index contributed by atoms with van der Waals surface area (Å²) in [5, 5.41) is 13.3. The summed E-state index contributed by atoms with van der Waals surface area (Å²) >= 11 is 1.29. The molecule has 4 rings (SSSR count). The van der Waals surface area contributed by atoms with Crippen LogP contribution >= 0.6 is 11.8 Å². The number of aromatic nitrogens is 4. The van der Waals surface area contributed by atoms with Gasteiger partial charge in [0, 0.05) is 23.6 Å². The minimum atomic E-state index is -0.243. The van der Waals surface area contributed by atoms with Gasteiger partial charge in [-0.15, -0.1) is 10.2 Å². The minimum absolute atomic E-state index is 0.137. The van der Waals surface area contributed by atoms with Gasteiger partial charge in [-0.1, -0.05) is 42.1 Å². The molecular formula is C24H22N6O2S. The second kappa shape index (κ2) is 11.1. The number of carbonyl (C=O) groups excluding carboxylic acids is 1. The van der Waals surface area contributed by atoms with Crippen LogP contribution in [0.4, 0.5) is 0 Å². The van der Waals surface area contributed by atoms with Gasteiger partial charge in [0.25, 0.3) is 5.91 Å². The molecule has 0 unspecified atom stereocenters. The molecule has 0 fully saturated rings. The first-order chi connectivity index (χ1) is 16.2. The summed E-state index contributed by atoms with van der Waals surface area (Å²) in [5.74, 6) is 1.37. The maximum absolute atomic E-state index is 12.3. The lowest BCUT2D eigenvalue weighted by atomic mass is 10.2. The molecule has 0 saturated carbocycles. The number of thioether (sulfide) groups is 1. The van der Waals surface area contributed by atoms with E-state index >= 15 is 0 Å². The van der Waals surface area contributed by atoms with E-state index in [2.05, 4.69) is 25.7 Å². The van der Waals surface area contributed by atoms with E-state index in [0.717, 1.165) is 22.6 Å². The first-order valence-corrected chi connectivity index (χ1v) is 11.3. The molecule has 2 aromatic heterocycles. The first-order valence-electron chi connectivity index (χ1n) is 10.3. The molecule has 0 atom stereocenters. The van der Waals surface area contributed by atoms with Crippen molar-refractivity contribution in [2.24, 2.45) is 5.10 Å². The van der Waals surface area contributed by atoms with Crippen LogP contribution < -0.4 is 10.2 Å². The highest BCUT2D eigenvalue weighted by Crippen LogP contribution is 2.28. The number of carbonyl (C=O) groups is 1. The zero-order valence-corrected chi connectivity index (χ0v) is 18.8. The van der Waals surface area contributed by atoms with E-state index in [1.54, 1.807) is 30.7 Å². The van der Waals surface area contributed by atoms with E-state index in [0.29, 0.717) is 17.6 Å². The Balaban J connectivity index is 1.52. The van der Waals surface area contributed by atoms with Gasteiger partial charge in [0.2, 0.25) is 0 Å². The van der Waals surface area contributed by atoms with Gasteiger partial charge in [-0.2, -0.15) is 5.10 Å². The van der Waals surface area contributed by atoms with E-state index in [1.165, 1.54) is 11.8 Å². The van der Waals surface area contributed by atoms with Crippen molar-refractivity contribution in [3.8, 4) is 22.8 Å². The SMILES string of the molecule is CCOc1ccc(-n2c(SCC(=O)N/N=C/c3ccncc3)nnc2-c2ccccc2)cc1. The zero-order chi connectivity index (χ0) is 22.9. The average Bonchev–Trinajstić information content (AvgIpc) is 3.29. The fourth-order valence-corrected chi connectivity index (χ4v) is 3.76. The molecule has 166 valence electrons. The summed E-state index contributed by atoms with van der Waals surface area (Å²) in [6.45, 7) is 2.54. The van der Waals surface area contributed by atoms with Gasteiger partial charge in [-0.05, 0) is 48.9 Å². The van der Waals surface area contributed by atoms with E-state index in [-0.39, 0.29) is 11.7 Å². The van der Waals surface area contributed by atoms with Crippen molar-refractivity contribution < 1.29 is 9.53 Å². The Hall–Kier alpha value is -3.98. The number of hydrazone groups is 1. The summed E-state index contributed by atoms with van der Waals surface area (Å²) in [7, 11) is 0. The fraction of sp³-hybridized carbons (Fsp3) is 0.125. The third kappa shape index (κ3) is 5.83. The Labute approximate surface area is 195 Å². The molecule has 0 spiro atoms. The van der Waals surface area contributed by atoms with Crippen LogP contribution in [0.2, 0.25) is 0 Å². The summed E-state index contributed by atoms with van der Waals surface area (Å²) in [5.41, 5.74) is 5.19. The number of benzene rings is 2. The number of pyridine rings is 1. The zero-order valence-electron chi connectivity index (χ0n) is 18.0. The second-order valence-corrected chi connectivity index (χ2v) is 7.74. The van der Waals surface area contributed by atoms with Crippen LogP contribution in [-0.2, 0) is 4.79 Å². The predicted molar refractivity (Wildman–Crippen MR) is 129 cm³/mol. The van der Waals surface area contributed by atoms with Gasteiger partial charge in [-0.3, -0.25) is 14.3 Å². The number of hydrogen-bond donors (Lipinski definition) is 1. The number of amides is 1. The van der Waals surface area contributed by atoms with E-state index in [9.17, 15) is 4.79 Å². The summed E-state index contributed by atoms with van der Waals surface area (Å²) in [6, 6.07) is 21.1. The lowest BCUT2D eigenvalue weighted by molar-refractivity contribution is -0.118. The molecule has 0 aliphatic rings. The van der Waals surface area contributed by atoms with Gasteiger partial charge in [0.1, 0.15) is 5.75 Å². The smallest absolute Gasteiger partial charge is 0.250 e. The topological polar surface area (TPSA) is 94.3 Å². The largest absolute Gasteiger partial charge is 0.494 e.